The number of nitrogens with zero attached hydrogens (tertiary/aromatic N) is 1. The van der Waals surface area contributed by atoms with Gasteiger partial charge in [0.15, 0.2) is 0 Å². The van der Waals surface area contributed by atoms with E-state index >= 15 is 0 Å². The fraction of sp³-hybridized carbons (Fsp3) is 0.261. The van der Waals surface area contributed by atoms with Crippen LogP contribution in [0.4, 0.5) is 5.69 Å². The molecule has 4 aromatic rings. The zero-order valence-electron chi connectivity index (χ0n) is 15.9. The van der Waals surface area contributed by atoms with Gasteiger partial charge >= 0.3 is 5.63 Å². The average molecular weight is 425 g/mol. The lowest BCUT2D eigenvalue weighted by atomic mass is 10.0. The van der Waals surface area contributed by atoms with Crippen LogP contribution >= 0.6 is 22.9 Å². The highest BCUT2D eigenvalue weighted by molar-refractivity contribution is 7.17. The molecule has 148 valence electrons. The van der Waals surface area contributed by atoms with Crippen molar-refractivity contribution in [3.8, 4) is 0 Å². The summed E-state index contributed by atoms with van der Waals surface area (Å²) in [5, 5.41) is 8.70. The van der Waals surface area contributed by atoms with E-state index < -0.39 is 0 Å². The quantitative estimate of drug-likeness (QED) is 0.424. The van der Waals surface area contributed by atoms with E-state index in [0.29, 0.717) is 16.6 Å². The zero-order chi connectivity index (χ0) is 19.8. The maximum atomic E-state index is 11.9. The van der Waals surface area contributed by atoms with E-state index in [0.717, 1.165) is 43.5 Å². The van der Waals surface area contributed by atoms with Gasteiger partial charge in [-0.05, 0) is 53.4 Å². The van der Waals surface area contributed by atoms with Crippen LogP contribution in [-0.2, 0) is 6.54 Å². The van der Waals surface area contributed by atoms with Gasteiger partial charge in [0, 0.05) is 46.9 Å². The molecule has 3 heterocycles. The van der Waals surface area contributed by atoms with E-state index in [4.69, 9.17) is 16.0 Å². The molecule has 1 aliphatic heterocycles. The van der Waals surface area contributed by atoms with Crippen LogP contribution in [0.2, 0.25) is 5.02 Å². The third-order valence-electron chi connectivity index (χ3n) is 5.61. The van der Waals surface area contributed by atoms with Crippen LogP contribution in [-0.4, -0.2) is 24.0 Å². The molecular formula is C23H21ClN2O2S. The number of fused-ring (bicyclic) bond motifs is 2. The highest BCUT2D eigenvalue weighted by atomic mass is 35.5. The van der Waals surface area contributed by atoms with Gasteiger partial charge in [0.2, 0.25) is 0 Å². The molecule has 1 N–H and O–H groups in total. The predicted octanol–water partition coefficient (Wildman–Crippen LogP) is 5.74. The first-order chi connectivity index (χ1) is 14.2. The Balaban J connectivity index is 1.27. The normalized spacial score (nSPS) is 15.9. The number of rotatable bonds is 4. The van der Waals surface area contributed by atoms with Crippen molar-refractivity contribution in [2.24, 2.45) is 0 Å². The zero-order valence-corrected chi connectivity index (χ0v) is 17.4. The van der Waals surface area contributed by atoms with Gasteiger partial charge in [-0.25, -0.2) is 4.79 Å². The van der Waals surface area contributed by atoms with Crippen molar-refractivity contribution in [3.63, 3.8) is 0 Å². The highest BCUT2D eigenvalue weighted by Gasteiger charge is 2.21. The van der Waals surface area contributed by atoms with Gasteiger partial charge in [-0.3, -0.25) is 4.90 Å². The molecule has 1 aliphatic rings. The maximum Gasteiger partial charge on any atom is 0.338 e. The maximum absolute atomic E-state index is 11.9. The van der Waals surface area contributed by atoms with Crippen molar-refractivity contribution in [1.29, 1.82) is 0 Å². The van der Waals surface area contributed by atoms with Crippen molar-refractivity contribution >= 4 is 49.7 Å². The number of thiophene rings is 1. The Morgan fingerprint density at radius 1 is 1.10 bits per heavy atom. The van der Waals surface area contributed by atoms with Gasteiger partial charge in [0.1, 0.15) is 5.58 Å². The monoisotopic (exact) mass is 424 g/mol. The molecule has 6 heteroatoms. The Morgan fingerprint density at radius 3 is 2.79 bits per heavy atom. The minimum absolute atomic E-state index is 0.328. The molecule has 29 heavy (non-hydrogen) atoms. The summed E-state index contributed by atoms with van der Waals surface area (Å²) in [5.74, 6) is 0. The van der Waals surface area contributed by atoms with Crippen LogP contribution in [0.15, 0.2) is 63.1 Å². The van der Waals surface area contributed by atoms with E-state index in [1.165, 1.54) is 21.7 Å². The molecule has 0 unspecified atom stereocenters. The first kappa shape index (κ1) is 18.7. The van der Waals surface area contributed by atoms with Crippen molar-refractivity contribution in [1.82, 2.24) is 4.90 Å². The van der Waals surface area contributed by atoms with Gasteiger partial charge in [-0.15, -0.1) is 11.3 Å². The number of hydrogen-bond donors (Lipinski definition) is 1. The highest BCUT2D eigenvalue weighted by Crippen LogP contribution is 2.29. The number of nitrogens with one attached hydrogen (secondary N) is 1. The SMILES string of the molecule is O=c1cc(NC2CCN(Cc3csc4ccccc34)CC2)c2cc(Cl)ccc2o1. The van der Waals surface area contributed by atoms with E-state index in [-0.39, 0.29) is 5.63 Å². The minimum Gasteiger partial charge on any atom is -0.423 e. The lowest BCUT2D eigenvalue weighted by Crippen LogP contribution is -2.38. The van der Waals surface area contributed by atoms with Crippen LogP contribution in [0.3, 0.4) is 0 Å². The van der Waals surface area contributed by atoms with Gasteiger partial charge in [0.05, 0.1) is 5.69 Å². The average Bonchev–Trinajstić information content (AvgIpc) is 3.13. The third-order valence-corrected chi connectivity index (χ3v) is 6.85. The second kappa shape index (κ2) is 7.82. The number of anilines is 1. The molecule has 0 atom stereocenters. The molecule has 1 saturated heterocycles. The summed E-state index contributed by atoms with van der Waals surface area (Å²) in [6.07, 6.45) is 2.06. The van der Waals surface area contributed by atoms with Crippen LogP contribution in [0.1, 0.15) is 18.4 Å². The summed E-state index contributed by atoms with van der Waals surface area (Å²) >= 11 is 7.97. The number of piperidine rings is 1. The topological polar surface area (TPSA) is 45.5 Å². The third kappa shape index (κ3) is 3.90. The van der Waals surface area contributed by atoms with Gasteiger partial charge in [0.25, 0.3) is 0 Å². The second-order valence-corrected chi connectivity index (χ2v) is 8.92. The first-order valence-corrected chi connectivity index (χ1v) is 11.1. The van der Waals surface area contributed by atoms with Crippen molar-refractivity contribution < 1.29 is 4.42 Å². The largest absolute Gasteiger partial charge is 0.423 e. The van der Waals surface area contributed by atoms with Crippen molar-refractivity contribution in [3.05, 3.63) is 74.9 Å². The molecule has 0 spiro atoms. The molecule has 2 aromatic carbocycles. The van der Waals surface area contributed by atoms with E-state index in [1.807, 2.05) is 17.4 Å². The first-order valence-electron chi connectivity index (χ1n) is 9.83. The number of likely N-dealkylation sites (tertiary alicyclic amines) is 1. The summed E-state index contributed by atoms with van der Waals surface area (Å²) in [6.45, 7) is 3.05. The fourth-order valence-electron chi connectivity index (χ4n) is 4.11. The van der Waals surface area contributed by atoms with Crippen LogP contribution < -0.4 is 10.9 Å². The minimum atomic E-state index is -0.343. The Kier molecular flexibility index (Phi) is 5.04. The molecular weight excluding hydrogens is 404 g/mol. The smallest absolute Gasteiger partial charge is 0.338 e. The summed E-state index contributed by atoms with van der Waals surface area (Å²) in [6, 6.07) is 15.8. The molecule has 0 saturated carbocycles. The number of benzene rings is 2. The Labute approximate surface area is 177 Å². The summed E-state index contributed by atoms with van der Waals surface area (Å²) in [5.41, 5.74) is 2.44. The number of hydrogen-bond acceptors (Lipinski definition) is 5. The molecule has 4 nitrogen and oxygen atoms in total. The molecule has 0 radical (unpaired) electrons. The summed E-state index contributed by atoms with van der Waals surface area (Å²) in [7, 11) is 0. The number of halogens is 1. The van der Waals surface area contributed by atoms with Crippen LogP contribution in [0, 0.1) is 0 Å². The van der Waals surface area contributed by atoms with Gasteiger partial charge < -0.3 is 9.73 Å². The van der Waals surface area contributed by atoms with Crippen molar-refractivity contribution in [2.45, 2.75) is 25.4 Å². The standard InChI is InChI=1S/C23H21ClN2O2S/c24-16-5-6-21-19(11-16)20(12-23(27)28-21)25-17-7-9-26(10-8-17)13-15-14-29-22-4-2-1-3-18(15)22/h1-6,11-12,14,17,25H,7-10,13H2. The van der Waals surface area contributed by atoms with E-state index in [2.05, 4.69) is 39.9 Å². The Bertz CT molecular complexity index is 1220. The lowest BCUT2D eigenvalue weighted by Gasteiger charge is -2.33. The summed E-state index contributed by atoms with van der Waals surface area (Å²) < 4.78 is 6.65. The van der Waals surface area contributed by atoms with E-state index in [1.54, 1.807) is 12.1 Å². The predicted molar refractivity (Wildman–Crippen MR) is 121 cm³/mol. The lowest BCUT2D eigenvalue weighted by molar-refractivity contribution is 0.212. The van der Waals surface area contributed by atoms with Crippen LogP contribution in [0.25, 0.3) is 21.1 Å². The van der Waals surface area contributed by atoms with E-state index in [9.17, 15) is 4.79 Å². The molecule has 1 fully saturated rings. The van der Waals surface area contributed by atoms with Crippen LogP contribution in [0.5, 0.6) is 0 Å². The summed E-state index contributed by atoms with van der Waals surface area (Å²) in [4.78, 5) is 14.4. The fourth-order valence-corrected chi connectivity index (χ4v) is 5.23. The Morgan fingerprint density at radius 2 is 1.93 bits per heavy atom. The van der Waals surface area contributed by atoms with Crippen molar-refractivity contribution in [2.75, 3.05) is 18.4 Å². The van der Waals surface area contributed by atoms with Gasteiger partial charge in [-0.1, -0.05) is 29.8 Å². The van der Waals surface area contributed by atoms with Gasteiger partial charge in [-0.2, -0.15) is 0 Å². The molecule has 2 aromatic heterocycles. The molecule has 5 rings (SSSR count). The molecule has 0 amide bonds. The second-order valence-electron chi connectivity index (χ2n) is 7.57. The Hall–Kier alpha value is -2.34. The molecule has 0 bridgehead atoms. The molecule has 0 aliphatic carbocycles.